The Morgan fingerprint density at radius 2 is 1.71 bits per heavy atom. The van der Waals surface area contributed by atoms with E-state index in [4.69, 9.17) is 0 Å². The maximum atomic E-state index is 13.2. The number of hydrogen-bond acceptors (Lipinski definition) is 6. The topological polar surface area (TPSA) is 105 Å². The van der Waals surface area contributed by atoms with Gasteiger partial charge in [-0.1, -0.05) is 12.1 Å². The molecule has 0 unspecified atom stereocenters. The van der Waals surface area contributed by atoms with Crippen molar-refractivity contribution >= 4 is 28.8 Å². The number of alkyl halides is 3. The molecule has 34 heavy (non-hydrogen) atoms. The molecule has 8 nitrogen and oxygen atoms in total. The van der Waals surface area contributed by atoms with Crippen molar-refractivity contribution in [3.8, 4) is 0 Å². The molecule has 0 fully saturated rings. The van der Waals surface area contributed by atoms with Crippen LogP contribution < -0.4 is 5.32 Å². The zero-order valence-electron chi connectivity index (χ0n) is 17.2. The molecule has 2 heterocycles. The Morgan fingerprint density at radius 1 is 0.971 bits per heavy atom. The summed E-state index contributed by atoms with van der Waals surface area (Å²) >= 11 is 0. The summed E-state index contributed by atoms with van der Waals surface area (Å²) in [5.74, 6) is -1.47. The Hall–Kier alpha value is -4.54. The number of rotatable bonds is 6. The molecule has 1 aliphatic heterocycles. The molecule has 11 heteroatoms. The summed E-state index contributed by atoms with van der Waals surface area (Å²) in [5.41, 5.74) is -0.946. The van der Waals surface area contributed by atoms with Crippen molar-refractivity contribution in [2.75, 3.05) is 5.32 Å². The maximum absolute atomic E-state index is 13.2. The fraction of sp³-hybridized carbons (Fsp3) is 0.0870. The minimum Gasteiger partial charge on any atom is -0.350 e. The van der Waals surface area contributed by atoms with E-state index >= 15 is 0 Å². The Labute approximate surface area is 190 Å². The monoisotopic (exact) mass is 468 g/mol. The minimum absolute atomic E-state index is 0.0509. The molecule has 0 saturated heterocycles. The fourth-order valence-corrected chi connectivity index (χ4v) is 3.42. The average Bonchev–Trinajstić information content (AvgIpc) is 3.03. The number of hydrogen-bond donors (Lipinski definition) is 1. The molecular formula is C23H15F3N4O4. The lowest BCUT2D eigenvalue weighted by atomic mass is 10.0. The molecule has 4 rings (SSSR count). The van der Waals surface area contributed by atoms with Gasteiger partial charge in [-0.05, 0) is 48.0 Å². The number of amides is 2. The number of carbonyl (C=O) groups excluding carboxylic acids is 2. The summed E-state index contributed by atoms with van der Waals surface area (Å²) in [6.45, 7) is -0.164. The number of pyridine rings is 1. The largest absolute Gasteiger partial charge is 0.416 e. The summed E-state index contributed by atoms with van der Waals surface area (Å²) in [7, 11) is 0. The number of carbonyl (C=O) groups is 2. The van der Waals surface area contributed by atoms with Gasteiger partial charge in [0.1, 0.15) is 5.70 Å². The van der Waals surface area contributed by atoms with Crippen LogP contribution in [-0.2, 0) is 22.3 Å². The first-order valence-electron chi connectivity index (χ1n) is 9.84. The molecule has 1 aromatic heterocycles. The van der Waals surface area contributed by atoms with E-state index in [0.29, 0.717) is 5.69 Å². The molecule has 0 bridgehead atoms. The van der Waals surface area contributed by atoms with Crippen LogP contribution in [-0.4, -0.2) is 26.6 Å². The van der Waals surface area contributed by atoms with Crippen LogP contribution in [0.15, 0.2) is 78.6 Å². The van der Waals surface area contributed by atoms with Crippen LogP contribution in [0, 0.1) is 10.1 Å². The van der Waals surface area contributed by atoms with Crippen molar-refractivity contribution in [3.63, 3.8) is 0 Å². The van der Waals surface area contributed by atoms with Crippen LogP contribution in [0.5, 0.6) is 0 Å². The molecule has 2 amide bonds. The Morgan fingerprint density at radius 3 is 2.32 bits per heavy atom. The first-order chi connectivity index (χ1) is 16.1. The van der Waals surface area contributed by atoms with E-state index in [2.05, 4.69) is 10.3 Å². The zero-order chi connectivity index (χ0) is 24.5. The Balaban J connectivity index is 1.76. The molecule has 0 spiro atoms. The van der Waals surface area contributed by atoms with Crippen LogP contribution in [0.4, 0.5) is 24.5 Å². The highest BCUT2D eigenvalue weighted by molar-refractivity contribution is 6.36. The zero-order valence-corrected chi connectivity index (χ0v) is 17.2. The predicted molar refractivity (Wildman–Crippen MR) is 115 cm³/mol. The molecule has 0 aliphatic carbocycles. The smallest absolute Gasteiger partial charge is 0.350 e. The molecule has 3 aromatic rings. The van der Waals surface area contributed by atoms with Crippen LogP contribution in [0.1, 0.15) is 16.8 Å². The van der Waals surface area contributed by atoms with Gasteiger partial charge in [0, 0.05) is 24.0 Å². The van der Waals surface area contributed by atoms with Gasteiger partial charge in [-0.2, -0.15) is 13.2 Å². The van der Waals surface area contributed by atoms with Crippen molar-refractivity contribution in [2.24, 2.45) is 0 Å². The van der Waals surface area contributed by atoms with E-state index in [1.807, 2.05) is 0 Å². The molecule has 0 saturated carbocycles. The maximum Gasteiger partial charge on any atom is 0.416 e. The van der Waals surface area contributed by atoms with Crippen molar-refractivity contribution < 1.29 is 27.7 Å². The fourth-order valence-electron chi connectivity index (χ4n) is 3.42. The Kier molecular flexibility index (Phi) is 5.84. The van der Waals surface area contributed by atoms with Crippen LogP contribution in [0.25, 0.3) is 5.57 Å². The van der Waals surface area contributed by atoms with Crippen molar-refractivity contribution in [1.29, 1.82) is 0 Å². The highest BCUT2D eigenvalue weighted by Gasteiger charge is 2.40. The lowest BCUT2D eigenvalue weighted by Gasteiger charge is -2.15. The number of halogens is 3. The van der Waals surface area contributed by atoms with Gasteiger partial charge in [-0.15, -0.1) is 0 Å². The first kappa shape index (κ1) is 22.6. The molecule has 172 valence electrons. The van der Waals surface area contributed by atoms with E-state index in [1.165, 1.54) is 42.6 Å². The number of anilines is 1. The number of nitro groups is 1. The normalized spacial score (nSPS) is 14.0. The summed E-state index contributed by atoms with van der Waals surface area (Å²) in [5, 5.41) is 13.6. The lowest BCUT2D eigenvalue weighted by molar-refractivity contribution is -0.384. The van der Waals surface area contributed by atoms with Gasteiger partial charge >= 0.3 is 6.18 Å². The lowest BCUT2D eigenvalue weighted by Crippen LogP contribution is -2.32. The second-order valence-corrected chi connectivity index (χ2v) is 7.28. The average molecular weight is 468 g/mol. The molecule has 1 N–H and O–H groups in total. The van der Waals surface area contributed by atoms with Gasteiger partial charge in [-0.3, -0.25) is 29.6 Å². The van der Waals surface area contributed by atoms with Gasteiger partial charge in [0.05, 0.1) is 28.3 Å². The number of nitrogens with zero attached hydrogens (tertiary/aromatic N) is 3. The minimum atomic E-state index is -4.60. The van der Waals surface area contributed by atoms with Crippen molar-refractivity contribution in [3.05, 3.63) is 106 Å². The number of nitrogens with one attached hydrogen (secondary N) is 1. The molecule has 0 atom stereocenters. The molecular weight excluding hydrogens is 453 g/mol. The second kappa shape index (κ2) is 8.77. The highest BCUT2D eigenvalue weighted by atomic mass is 19.4. The van der Waals surface area contributed by atoms with Crippen LogP contribution in [0.3, 0.4) is 0 Å². The number of aromatic nitrogens is 1. The highest BCUT2D eigenvalue weighted by Crippen LogP contribution is 2.34. The van der Waals surface area contributed by atoms with Gasteiger partial charge < -0.3 is 5.32 Å². The van der Waals surface area contributed by atoms with Crippen molar-refractivity contribution in [1.82, 2.24) is 9.88 Å². The van der Waals surface area contributed by atoms with E-state index in [9.17, 15) is 32.9 Å². The molecule has 0 radical (unpaired) electrons. The van der Waals surface area contributed by atoms with Gasteiger partial charge in [0.25, 0.3) is 17.5 Å². The third-order valence-corrected chi connectivity index (χ3v) is 5.04. The number of imide groups is 1. The van der Waals surface area contributed by atoms with E-state index < -0.39 is 28.5 Å². The third kappa shape index (κ3) is 4.49. The quantitative estimate of drug-likeness (QED) is 0.327. The van der Waals surface area contributed by atoms with Crippen LogP contribution >= 0.6 is 0 Å². The van der Waals surface area contributed by atoms with Crippen molar-refractivity contribution in [2.45, 2.75) is 12.7 Å². The summed E-state index contributed by atoms with van der Waals surface area (Å²) in [4.78, 5) is 41.8. The van der Waals surface area contributed by atoms with E-state index in [1.54, 1.807) is 18.2 Å². The second-order valence-electron chi connectivity index (χ2n) is 7.28. The van der Waals surface area contributed by atoms with E-state index in [0.717, 1.165) is 17.0 Å². The summed E-state index contributed by atoms with van der Waals surface area (Å²) < 4.78 is 39.4. The molecule has 2 aromatic carbocycles. The molecule has 1 aliphatic rings. The summed E-state index contributed by atoms with van der Waals surface area (Å²) in [6, 6.07) is 14.1. The number of nitro benzene ring substituents is 1. The van der Waals surface area contributed by atoms with Gasteiger partial charge in [0.15, 0.2) is 0 Å². The SMILES string of the molecule is O=C1C(Nc2cccc(C(F)(F)F)c2)=C(c2ccc([N+](=O)[O-])cc2)C(=O)N1Cc1ccccn1. The van der Waals surface area contributed by atoms with Gasteiger partial charge in [-0.25, -0.2) is 0 Å². The Bertz CT molecular complexity index is 1310. The third-order valence-electron chi connectivity index (χ3n) is 5.04. The predicted octanol–water partition coefficient (Wildman–Crippen LogP) is 4.40. The first-order valence-corrected chi connectivity index (χ1v) is 9.84. The number of benzene rings is 2. The van der Waals surface area contributed by atoms with Crippen LogP contribution in [0.2, 0.25) is 0 Å². The van der Waals surface area contributed by atoms with E-state index in [-0.39, 0.29) is 34.8 Å². The summed E-state index contributed by atoms with van der Waals surface area (Å²) in [6.07, 6.45) is -3.11. The van der Waals surface area contributed by atoms with Gasteiger partial charge in [0.2, 0.25) is 0 Å². The number of non-ortho nitro benzene ring substituents is 1. The standard InChI is InChI=1S/C23H15F3N4O4/c24-23(25,26)15-4-3-6-16(12-15)28-20-19(14-7-9-18(10-8-14)30(33)34)21(31)29(22(20)32)13-17-5-1-2-11-27-17/h1-12,28H,13H2.